The van der Waals surface area contributed by atoms with Gasteiger partial charge in [0.25, 0.3) is 0 Å². The maximum absolute atomic E-state index is 6.24. The molecule has 4 nitrogen and oxygen atoms in total. The number of hydrogen-bond donors (Lipinski definition) is 0. The molecule has 10 rings (SSSR count). The normalized spacial score (nSPS) is 11.6. The number of para-hydroxylation sites is 1. The van der Waals surface area contributed by atoms with Crippen LogP contribution in [0, 0.1) is 0 Å². The fourth-order valence-corrected chi connectivity index (χ4v) is 8.02. The van der Waals surface area contributed by atoms with E-state index in [1.807, 2.05) is 41.7 Å². The van der Waals surface area contributed by atoms with Gasteiger partial charge in [-0.3, -0.25) is 0 Å². The molecule has 234 valence electrons. The number of fused-ring (bicyclic) bond motifs is 6. The molecule has 0 aliphatic carbocycles. The molecular formula is C45H27N3OS. The van der Waals surface area contributed by atoms with Gasteiger partial charge in [-0.15, -0.1) is 11.3 Å². The van der Waals surface area contributed by atoms with Crippen LogP contribution in [-0.4, -0.2) is 15.0 Å². The van der Waals surface area contributed by atoms with E-state index in [2.05, 4.69) is 133 Å². The highest BCUT2D eigenvalue weighted by Gasteiger charge is 2.16. The van der Waals surface area contributed by atoms with Crippen molar-refractivity contribution in [1.29, 1.82) is 0 Å². The molecule has 0 N–H and O–H groups in total. The third-order valence-electron chi connectivity index (χ3n) is 9.38. The van der Waals surface area contributed by atoms with Crippen LogP contribution in [0.2, 0.25) is 0 Å². The first-order chi connectivity index (χ1) is 24.7. The average molecular weight is 658 g/mol. The largest absolute Gasteiger partial charge is 0.456 e. The summed E-state index contributed by atoms with van der Waals surface area (Å²) in [6, 6.07) is 56.9. The van der Waals surface area contributed by atoms with Crippen LogP contribution in [0.5, 0.6) is 0 Å². The van der Waals surface area contributed by atoms with Crippen LogP contribution in [0.3, 0.4) is 0 Å². The van der Waals surface area contributed by atoms with E-state index in [1.165, 1.54) is 31.3 Å². The number of aromatic nitrogens is 3. The van der Waals surface area contributed by atoms with Crippen molar-refractivity contribution in [2.75, 3.05) is 0 Å². The molecule has 0 saturated carbocycles. The van der Waals surface area contributed by atoms with Crippen LogP contribution >= 0.6 is 11.3 Å². The Hall–Kier alpha value is -6.43. The summed E-state index contributed by atoms with van der Waals surface area (Å²) in [4.78, 5) is 15.1. The molecule has 3 heterocycles. The van der Waals surface area contributed by atoms with Crippen molar-refractivity contribution in [2.45, 2.75) is 0 Å². The summed E-state index contributed by atoms with van der Waals surface area (Å²) >= 11 is 1.84. The third kappa shape index (κ3) is 4.87. The summed E-state index contributed by atoms with van der Waals surface area (Å²) in [6.45, 7) is 0. The minimum absolute atomic E-state index is 0.595. The van der Waals surface area contributed by atoms with E-state index in [1.54, 1.807) is 0 Å². The molecule has 0 saturated heterocycles. The summed E-state index contributed by atoms with van der Waals surface area (Å²) in [5.74, 6) is 1.83. The first-order valence-corrected chi connectivity index (χ1v) is 17.4. The number of rotatable bonds is 5. The second-order valence-corrected chi connectivity index (χ2v) is 13.5. The van der Waals surface area contributed by atoms with Gasteiger partial charge in [-0.25, -0.2) is 15.0 Å². The summed E-state index contributed by atoms with van der Waals surface area (Å²) in [7, 11) is 0. The van der Waals surface area contributed by atoms with Gasteiger partial charge in [0.05, 0.1) is 0 Å². The van der Waals surface area contributed by atoms with E-state index in [4.69, 9.17) is 19.4 Å². The van der Waals surface area contributed by atoms with Crippen LogP contribution in [0.4, 0.5) is 0 Å². The monoisotopic (exact) mass is 657 g/mol. The predicted octanol–water partition coefficient (Wildman–Crippen LogP) is 12.5. The van der Waals surface area contributed by atoms with Crippen LogP contribution < -0.4 is 0 Å². The van der Waals surface area contributed by atoms with Crippen LogP contribution in [-0.2, 0) is 0 Å². The topological polar surface area (TPSA) is 51.8 Å². The molecule has 3 aromatic heterocycles. The van der Waals surface area contributed by atoms with Gasteiger partial charge in [0.15, 0.2) is 17.5 Å². The standard InChI is InChI=1S/C45H27N3OS/c1-2-9-28(10-3-1)29-17-21-31(22-18-29)43-46-44(48-45(47-43)33-25-26-36-35-11-4-6-14-38(35)49-39(36)27-33)32-23-19-30(20-24-32)34-13-8-16-41-42(34)37-12-5-7-15-40(37)50-41/h1-27H. The van der Waals surface area contributed by atoms with Crippen molar-refractivity contribution in [3.63, 3.8) is 0 Å². The lowest BCUT2D eigenvalue weighted by atomic mass is 9.98. The zero-order chi connectivity index (χ0) is 33.0. The van der Waals surface area contributed by atoms with E-state index in [-0.39, 0.29) is 0 Å². The third-order valence-corrected chi connectivity index (χ3v) is 10.5. The van der Waals surface area contributed by atoms with Crippen LogP contribution in [0.1, 0.15) is 0 Å². The molecule has 10 aromatic rings. The SMILES string of the molecule is c1ccc(-c2ccc(-c3nc(-c4ccc(-c5cccc6sc7ccccc7c56)cc4)nc(-c4ccc5c(c4)oc4ccccc45)n3)cc2)cc1. The average Bonchev–Trinajstić information content (AvgIpc) is 3.76. The Bertz CT molecular complexity index is 2850. The summed E-state index contributed by atoms with van der Waals surface area (Å²) in [6.07, 6.45) is 0. The van der Waals surface area contributed by atoms with Gasteiger partial charge in [-0.05, 0) is 52.6 Å². The van der Waals surface area contributed by atoms with Crippen molar-refractivity contribution in [3.8, 4) is 56.4 Å². The van der Waals surface area contributed by atoms with Crippen molar-refractivity contribution < 1.29 is 4.42 Å². The molecule has 5 heteroatoms. The molecular weight excluding hydrogens is 631 g/mol. The van der Waals surface area contributed by atoms with Crippen molar-refractivity contribution in [1.82, 2.24) is 15.0 Å². The molecule has 0 radical (unpaired) electrons. The summed E-state index contributed by atoms with van der Waals surface area (Å²) in [5.41, 5.74) is 9.07. The second-order valence-electron chi connectivity index (χ2n) is 12.4. The van der Waals surface area contributed by atoms with Gasteiger partial charge < -0.3 is 4.42 Å². The maximum atomic E-state index is 6.24. The van der Waals surface area contributed by atoms with Crippen molar-refractivity contribution in [3.05, 3.63) is 164 Å². The molecule has 50 heavy (non-hydrogen) atoms. The second kappa shape index (κ2) is 11.6. The number of benzene rings is 7. The molecule has 0 spiro atoms. The van der Waals surface area contributed by atoms with Gasteiger partial charge in [0, 0.05) is 47.6 Å². The van der Waals surface area contributed by atoms with E-state index in [0.29, 0.717) is 17.5 Å². The maximum Gasteiger partial charge on any atom is 0.164 e. The minimum Gasteiger partial charge on any atom is -0.456 e. The fraction of sp³-hybridized carbons (Fsp3) is 0. The zero-order valence-electron chi connectivity index (χ0n) is 26.7. The Labute approximate surface area is 292 Å². The Morgan fingerprint density at radius 3 is 1.66 bits per heavy atom. The fourth-order valence-electron chi connectivity index (χ4n) is 6.88. The van der Waals surface area contributed by atoms with Crippen molar-refractivity contribution >= 4 is 53.4 Å². The number of hydrogen-bond acceptors (Lipinski definition) is 5. The predicted molar refractivity (Wildman–Crippen MR) is 207 cm³/mol. The molecule has 0 atom stereocenters. The van der Waals surface area contributed by atoms with Gasteiger partial charge in [0.2, 0.25) is 0 Å². The van der Waals surface area contributed by atoms with Crippen LogP contribution in [0.15, 0.2) is 168 Å². The molecule has 0 aliphatic rings. The lowest BCUT2D eigenvalue weighted by Gasteiger charge is -2.10. The Morgan fingerprint density at radius 1 is 0.360 bits per heavy atom. The Balaban J connectivity index is 1.09. The summed E-state index contributed by atoms with van der Waals surface area (Å²) < 4.78 is 8.83. The number of thiophene rings is 1. The Kier molecular flexibility index (Phi) is 6.64. The van der Waals surface area contributed by atoms with E-state index in [0.717, 1.165) is 49.8 Å². The lowest BCUT2D eigenvalue weighted by molar-refractivity contribution is 0.669. The van der Waals surface area contributed by atoms with Crippen molar-refractivity contribution in [2.24, 2.45) is 0 Å². The quantitative estimate of drug-likeness (QED) is 0.185. The lowest BCUT2D eigenvalue weighted by Crippen LogP contribution is -2.00. The van der Waals surface area contributed by atoms with Gasteiger partial charge in [-0.2, -0.15) is 0 Å². The van der Waals surface area contributed by atoms with Crippen LogP contribution in [0.25, 0.3) is 98.5 Å². The number of nitrogens with zero attached hydrogens (tertiary/aromatic N) is 3. The zero-order valence-corrected chi connectivity index (χ0v) is 27.6. The smallest absolute Gasteiger partial charge is 0.164 e. The van der Waals surface area contributed by atoms with E-state index < -0.39 is 0 Å². The van der Waals surface area contributed by atoms with Gasteiger partial charge in [-0.1, -0.05) is 133 Å². The molecule has 0 fully saturated rings. The molecule has 0 unspecified atom stereocenters. The minimum atomic E-state index is 0.595. The highest BCUT2D eigenvalue weighted by molar-refractivity contribution is 7.25. The summed E-state index contributed by atoms with van der Waals surface area (Å²) in [5, 5.41) is 4.75. The Morgan fingerprint density at radius 2 is 0.900 bits per heavy atom. The highest BCUT2D eigenvalue weighted by atomic mass is 32.1. The van der Waals surface area contributed by atoms with E-state index >= 15 is 0 Å². The van der Waals surface area contributed by atoms with Gasteiger partial charge >= 0.3 is 0 Å². The highest BCUT2D eigenvalue weighted by Crippen LogP contribution is 2.40. The first kappa shape index (κ1) is 28.6. The first-order valence-electron chi connectivity index (χ1n) is 16.6. The molecule has 0 bridgehead atoms. The van der Waals surface area contributed by atoms with E-state index in [9.17, 15) is 0 Å². The molecule has 0 aliphatic heterocycles. The van der Waals surface area contributed by atoms with Gasteiger partial charge in [0.1, 0.15) is 11.2 Å². The molecule has 7 aromatic carbocycles. The number of furan rings is 1. The molecule has 0 amide bonds.